The van der Waals surface area contributed by atoms with Gasteiger partial charge in [-0.25, -0.2) is 8.42 Å². The minimum atomic E-state index is -3.98. The molecule has 3 aromatic carbocycles. The van der Waals surface area contributed by atoms with Crippen LogP contribution in [0.25, 0.3) is 0 Å². The van der Waals surface area contributed by atoms with Crippen LogP contribution in [0.4, 0.5) is 5.69 Å². The molecule has 0 radical (unpaired) electrons. The molecule has 1 amide bonds. The van der Waals surface area contributed by atoms with Gasteiger partial charge in [0.2, 0.25) is 5.91 Å². The first-order valence-electron chi connectivity index (χ1n) is 12.2. The fourth-order valence-electron chi connectivity index (χ4n) is 4.31. The van der Waals surface area contributed by atoms with Gasteiger partial charge < -0.3 is 5.32 Å². The first-order valence-corrected chi connectivity index (χ1v) is 14.0. The fraction of sp³-hybridized carbons (Fsp3) is 0.321. The van der Waals surface area contributed by atoms with E-state index < -0.39 is 15.9 Å². The smallest absolute Gasteiger partial charge is 0.264 e. The largest absolute Gasteiger partial charge is 0.350 e. The highest BCUT2D eigenvalue weighted by Gasteiger charge is 2.27. The number of benzene rings is 3. The van der Waals surface area contributed by atoms with E-state index in [4.69, 9.17) is 11.6 Å². The molecular weight excluding hydrogens is 494 g/mol. The average Bonchev–Trinajstić information content (AvgIpc) is 2.87. The van der Waals surface area contributed by atoms with Crippen LogP contribution in [0.1, 0.15) is 36.0 Å². The molecule has 0 atom stereocenters. The third-order valence-electron chi connectivity index (χ3n) is 6.36. The Morgan fingerprint density at radius 3 is 2.28 bits per heavy atom. The number of carbonyl (C=O) groups excluding carboxylic acids is 1. The maximum absolute atomic E-state index is 13.5. The van der Waals surface area contributed by atoms with Gasteiger partial charge in [-0.2, -0.15) is 0 Å². The number of piperidine rings is 1. The second-order valence-corrected chi connectivity index (χ2v) is 11.5. The molecule has 0 spiro atoms. The molecule has 190 valence electrons. The number of nitrogens with zero attached hydrogens (tertiary/aromatic N) is 2. The Labute approximate surface area is 218 Å². The summed E-state index contributed by atoms with van der Waals surface area (Å²) in [6.07, 6.45) is 3.84. The van der Waals surface area contributed by atoms with E-state index in [1.54, 1.807) is 48.5 Å². The lowest BCUT2D eigenvalue weighted by Gasteiger charge is -2.26. The highest BCUT2D eigenvalue weighted by molar-refractivity contribution is 7.92. The number of sulfonamides is 1. The maximum Gasteiger partial charge on any atom is 0.264 e. The molecule has 1 N–H and O–H groups in total. The molecule has 1 aliphatic rings. The van der Waals surface area contributed by atoms with Gasteiger partial charge in [0.25, 0.3) is 10.0 Å². The number of hydrogen-bond donors (Lipinski definition) is 1. The third kappa shape index (κ3) is 6.87. The zero-order valence-electron chi connectivity index (χ0n) is 20.5. The minimum Gasteiger partial charge on any atom is -0.350 e. The Balaban J connectivity index is 1.43. The molecule has 4 rings (SSSR count). The van der Waals surface area contributed by atoms with Crippen molar-refractivity contribution >= 4 is 33.2 Å². The van der Waals surface area contributed by atoms with Crippen LogP contribution in [-0.2, 0) is 27.9 Å². The predicted molar refractivity (Wildman–Crippen MR) is 145 cm³/mol. The van der Waals surface area contributed by atoms with Crippen LogP contribution < -0.4 is 9.62 Å². The Hall–Kier alpha value is -2.87. The van der Waals surface area contributed by atoms with E-state index in [0.29, 0.717) is 17.3 Å². The van der Waals surface area contributed by atoms with Crippen molar-refractivity contribution in [2.75, 3.05) is 23.9 Å². The summed E-state index contributed by atoms with van der Waals surface area (Å²) < 4.78 is 28.0. The van der Waals surface area contributed by atoms with Crippen LogP contribution in [-0.4, -0.2) is 38.9 Å². The summed E-state index contributed by atoms with van der Waals surface area (Å²) in [5, 5.41) is 3.25. The van der Waals surface area contributed by atoms with Gasteiger partial charge in [-0.05, 0) is 74.3 Å². The van der Waals surface area contributed by atoms with Crippen LogP contribution in [0.15, 0.2) is 77.7 Å². The Bertz CT molecular complexity index is 1270. The Morgan fingerprint density at radius 1 is 0.944 bits per heavy atom. The Kier molecular flexibility index (Phi) is 8.67. The van der Waals surface area contributed by atoms with Gasteiger partial charge >= 0.3 is 0 Å². The number of anilines is 1. The number of carbonyl (C=O) groups is 1. The highest BCUT2D eigenvalue weighted by Crippen LogP contribution is 2.26. The minimum absolute atomic E-state index is 0.116. The molecular formula is C28H32ClN3O3S. The van der Waals surface area contributed by atoms with Crippen molar-refractivity contribution in [3.05, 3.63) is 94.5 Å². The van der Waals surface area contributed by atoms with E-state index in [9.17, 15) is 13.2 Å². The molecule has 0 bridgehead atoms. The van der Waals surface area contributed by atoms with Gasteiger partial charge in [-0.15, -0.1) is 0 Å². The topological polar surface area (TPSA) is 69.7 Å². The van der Waals surface area contributed by atoms with Gasteiger partial charge in [0.1, 0.15) is 6.54 Å². The van der Waals surface area contributed by atoms with Gasteiger partial charge in [0, 0.05) is 18.1 Å². The summed E-state index contributed by atoms with van der Waals surface area (Å²) in [6.45, 7) is 5.08. The standard InChI is InChI=1S/C28H32ClN3O3S/c1-22-8-14-27(15-9-22)36(34,35)32(26-7-5-6-25(29)18-26)21-28(33)30-19-23-10-12-24(13-11-23)20-31-16-3-2-4-17-31/h5-15,18H,2-4,16-17,19-21H2,1H3,(H,30,33). The quantitative estimate of drug-likeness (QED) is 0.419. The lowest BCUT2D eigenvalue weighted by atomic mass is 10.1. The first kappa shape index (κ1) is 26.2. The van der Waals surface area contributed by atoms with Crippen molar-refractivity contribution in [1.82, 2.24) is 10.2 Å². The second-order valence-electron chi connectivity index (χ2n) is 9.23. The first-order chi connectivity index (χ1) is 17.3. The fourth-order valence-corrected chi connectivity index (χ4v) is 5.91. The van der Waals surface area contributed by atoms with E-state index in [0.717, 1.165) is 35.1 Å². The van der Waals surface area contributed by atoms with Crippen molar-refractivity contribution < 1.29 is 13.2 Å². The molecule has 1 saturated heterocycles. The lowest BCUT2D eigenvalue weighted by molar-refractivity contribution is -0.119. The predicted octanol–water partition coefficient (Wildman–Crippen LogP) is 5.15. The van der Waals surface area contributed by atoms with E-state index in [1.807, 2.05) is 19.1 Å². The number of aryl methyl sites for hydroxylation is 1. The van der Waals surface area contributed by atoms with Crippen LogP contribution in [0.5, 0.6) is 0 Å². The van der Waals surface area contributed by atoms with Crippen LogP contribution in [0, 0.1) is 6.92 Å². The molecule has 0 aliphatic carbocycles. The van der Waals surface area contributed by atoms with Gasteiger partial charge in [-0.3, -0.25) is 14.0 Å². The molecule has 3 aromatic rings. The SMILES string of the molecule is Cc1ccc(S(=O)(=O)N(CC(=O)NCc2ccc(CN3CCCCC3)cc2)c2cccc(Cl)c2)cc1. The van der Waals surface area contributed by atoms with E-state index in [-0.39, 0.29) is 11.4 Å². The van der Waals surface area contributed by atoms with Crippen LogP contribution >= 0.6 is 11.6 Å². The zero-order valence-corrected chi connectivity index (χ0v) is 22.1. The monoisotopic (exact) mass is 525 g/mol. The summed E-state index contributed by atoms with van der Waals surface area (Å²) >= 11 is 6.13. The molecule has 36 heavy (non-hydrogen) atoms. The van der Waals surface area contributed by atoms with Gasteiger partial charge in [0.15, 0.2) is 0 Å². The summed E-state index contributed by atoms with van der Waals surface area (Å²) in [6, 6.07) is 21.3. The summed E-state index contributed by atoms with van der Waals surface area (Å²) in [4.78, 5) is 15.5. The summed E-state index contributed by atoms with van der Waals surface area (Å²) in [5.74, 6) is -0.400. The average molecular weight is 526 g/mol. The molecule has 8 heteroatoms. The van der Waals surface area contributed by atoms with Crippen molar-refractivity contribution in [3.8, 4) is 0 Å². The van der Waals surface area contributed by atoms with E-state index >= 15 is 0 Å². The van der Waals surface area contributed by atoms with Crippen LogP contribution in [0.2, 0.25) is 5.02 Å². The molecule has 1 aliphatic heterocycles. The second kappa shape index (κ2) is 11.9. The molecule has 0 aromatic heterocycles. The molecule has 0 saturated carbocycles. The van der Waals surface area contributed by atoms with Gasteiger partial charge in [0.05, 0.1) is 10.6 Å². The highest BCUT2D eigenvalue weighted by atomic mass is 35.5. The lowest BCUT2D eigenvalue weighted by Crippen LogP contribution is -2.40. The maximum atomic E-state index is 13.5. The van der Waals surface area contributed by atoms with Crippen molar-refractivity contribution in [2.45, 2.75) is 44.2 Å². The summed E-state index contributed by atoms with van der Waals surface area (Å²) in [5.41, 5.74) is 3.49. The number of rotatable bonds is 9. The van der Waals surface area contributed by atoms with Crippen molar-refractivity contribution in [1.29, 1.82) is 0 Å². The molecule has 0 unspecified atom stereocenters. The number of hydrogen-bond acceptors (Lipinski definition) is 4. The Morgan fingerprint density at radius 2 is 1.61 bits per heavy atom. The summed E-state index contributed by atoms with van der Waals surface area (Å²) in [7, 11) is -3.98. The molecule has 6 nitrogen and oxygen atoms in total. The normalized spacial score (nSPS) is 14.4. The van der Waals surface area contributed by atoms with E-state index in [1.165, 1.54) is 24.8 Å². The van der Waals surface area contributed by atoms with Crippen LogP contribution in [0.3, 0.4) is 0 Å². The molecule has 1 fully saturated rings. The number of likely N-dealkylation sites (tertiary alicyclic amines) is 1. The van der Waals surface area contributed by atoms with E-state index in [2.05, 4.69) is 22.3 Å². The number of halogens is 1. The van der Waals surface area contributed by atoms with Crippen molar-refractivity contribution in [3.63, 3.8) is 0 Å². The number of amides is 1. The number of nitrogens with one attached hydrogen (secondary N) is 1. The zero-order chi connectivity index (χ0) is 25.5. The molecule has 1 heterocycles. The third-order valence-corrected chi connectivity index (χ3v) is 8.38. The van der Waals surface area contributed by atoms with Crippen molar-refractivity contribution in [2.24, 2.45) is 0 Å². The van der Waals surface area contributed by atoms with Gasteiger partial charge in [-0.1, -0.05) is 66.0 Å².